The summed E-state index contributed by atoms with van der Waals surface area (Å²) in [5.74, 6) is 0.603. The minimum atomic E-state index is -0.323. The Morgan fingerprint density at radius 1 is 1.32 bits per heavy atom. The molecule has 1 fully saturated rings. The van der Waals surface area contributed by atoms with E-state index in [1.165, 1.54) is 10.7 Å². The van der Waals surface area contributed by atoms with Crippen molar-refractivity contribution < 1.29 is 4.39 Å². The van der Waals surface area contributed by atoms with E-state index in [-0.39, 0.29) is 5.82 Å². The molecule has 2 heterocycles. The topological polar surface area (TPSA) is 72.5 Å². The first kappa shape index (κ1) is 10.5. The van der Waals surface area contributed by atoms with Gasteiger partial charge >= 0.3 is 0 Å². The van der Waals surface area contributed by atoms with E-state index in [1.54, 1.807) is 18.2 Å². The Morgan fingerprint density at radius 3 is 2.84 bits per heavy atom. The number of anilines is 1. The second-order valence-corrected chi connectivity index (χ2v) is 4.86. The number of para-hydroxylation sites is 1. The molecule has 0 radical (unpaired) electrons. The predicted octanol–water partition coefficient (Wildman–Crippen LogP) is 2.35. The third kappa shape index (κ3) is 1.46. The lowest BCUT2D eigenvalue weighted by atomic mass is 10.2. The maximum Gasteiger partial charge on any atom is 0.186 e. The van der Waals surface area contributed by atoms with Gasteiger partial charge in [0, 0.05) is 5.92 Å². The molecule has 19 heavy (non-hydrogen) atoms. The van der Waals surface area contributed by atoms with Crippen LogP contribution in [-0.4, -0.2) is 20.0 Å². The van der Waals surface area contributed by atoms with Gasteiger partial charge in [0.2, 0.25) is 0 Å². The first-order chi connectivity index (χ1) is 9.25. The number of nitrogens with two attached hydrogens (primary N) is 1. The summed E-state index contributed by atoms with van der Waals surface area (Å²) in [6.07, 6.45) is 2.21. The molecule has 0 bridgehead atoms. The molecular formula is C13H12FN5. The Morgan fingerprint density at radius 2 is 2.11 bits per heavy atom. The Labute approximate surface area is 108 Å². The van der Waals surface area contributed by atoms with Crippen LogP contribution in [0.25, 0.3) is 16.7 Å². The summed E-state index contributed by atoms with van der Waals surface area (Å²) in [6, 6.07) is 6.53. The second-order valence-electron chi connectivity index (χ2n) is 4.86. The van der Waals surface area contributed by atoms with Gasteiger partial charge in [-0.15, -0.1) is 0 Å². The fourth-order valence-corrected chi connectivity index (χ4v) is 2.39. The van der Waals surface area contributed by atoms with Crippen molar-refractivity contribution in [2.24, 2.45) is 0 Å². The maximum atomic E-state index is 13.9. The van der Waals surface area contributed by atoms with Gasteiger partial charge in [-0.1, -0.05) is 12.1 Å². The summed E-state index contributed by atoms with van der Waals surface area (Å²) >= 11 is 0. The summed E-state index contributed by atoms with van der Waals surface area (Å²) in [6.45, 7) is 0. The summed E-state index contributed by atoms with van der Waals surface area (Å²) in [5.41, 5.74) is 7.81. The van der Waals surface area contributed by atoms with Crippen LogP contribution in [0.1, 0.15) is 24.5 Å². The molecule has 4 rings (SSSR count). The molecule has 0 atom stereocenters. The van der Waals surface area contributed by atoms with E-state index in [0.717, 1.165) is 23.9 Å². The number of nitrogen functional groups attached to an aromatic ring is 1. The van der Waals surface area contributed by atoms with Crippen molar-refractivity contribution in [3.8, 4) is 5.69 Å². The quantitative estimate of drug-likeness (QED) is 0.740. The van der Waals surface area contributed by atoms with Crippen molar-refractivity contribution in [3.05, 3.63) is 35.8 Å². The molecular weight excluding hydrogens is 245 g/mol. The van der Waals surface area contributed by atoms with Crippen molar-refractivity contribution in [2.75, 3.05) is 5.73 Å². The van der Waals surface area contributed by atoms with E-state index in [4.69, 9.17) is 5.73 Å². The summed E-state index contributed by atoms with van der Waals surface area (Å²) in [5, 5.41) is 12.2. The number of aromatic amines is 1. The van der Waals surface area contributed by atoms with E-state index in [2.05, 4.69) is 15.3 Å². The van der Waals surface area contributed by atoms with Gasteiger partial charge < -0.3 is 5.73 Å². The molecule has 3 aromatic rings. The number of H-pyrrole nitrogens is 1. The molecule has 1 saturated carbocycles. The minimum Gasteiger partial charge on any atom is -0.383 e. The van der Waals surface area contributed by atoms with Gasteiger partial charge in [0.1, 0.15) is 17.3 Å². The number of hydrogen-bond donors (Lipinski definition) is 2. The monoisotopic (exact) mass is 257 g/mol. The van der Waals surface area contributed by atoms with Crippen LogP contribution in [0.3, 0.4) is 0 Å². The van der Waals surface area contributed by atoms with Crippen molar-refractivity contribution in [2.45, 2.75) is 18.8 Å². The molecule has 1 aliphatic rings. The third-order valence-corrected chi connectivity index (χ3v) is 3.48. The highest BCUT2D eigenvalue weighted by Gasteiger charge is 2.31. The first-order valence-electron chi connectivity index (χ1n) is 6.23. The van der Waals surface area contributed by atoms with Crippen LogP contribution in [0.4, 0.5) is 10.2 Å². The number of hydrogen-bond acceptors (Lipinski definition) is 3. The van der Waals surface area contributed by atoms with Crippen LogP contribution < -0.4 is 5.73 Å². The molecule has 6 heteroatoms. The van der Waals surface area contributed by atoms with Crippen LogP contribution >= 0.6 is 0 Å². The number of fused-ring (bicyclic) bond motifs is 1. The molecule has 5 nitrogen and oxygen atoms in total. The molecule has 3 N–H and O–H groups in total. The van der Waals surface area contributed by atoms with Crippen LogP contribution in [0, 0.1) is 5.82 Å². The molecule has 0 saturated heterocycles. The zero-order valence-corrected chi connectivity index (χ0v) is 10.1. The zero-order chi connectivity index (χ0) is 13.0. The number of nitrogens with one attached hydrogen (secondary N) is 1. The molecule has 2 aromatic heterocycles. The average molecular weight is 257 g/mol. The first-order valence-corrected chi connectivity index (χ1v) is 6.23. The number of rotatable bonds is 2. The lowest BCUT2D eigenvalue weighted by Crippen LogP contribution is -2.01. The molecule has 0 amide bonds. The number of benzene rings is 1. The zero-order valence-electron chi connectivity index (χ0n) is 10.1. The number of nitrogens with zero attached hydrogens (tertiary/aromatic N) is 3. The lowest BCUT2D eigenvalue weighted by molar-refractivity contribution is 0.611. The van der Waals surface area contributed by atoms with Crippen LogP contribution in [-0.2, 0) is 0 Å². The van der Waals surface area contributed by atoms with Gasteiger partial charge in [-0.2, -0.15) is 10.2 Å². The van der Waals surface area contributed by atoms with Crippen LogP contribution in [0.2, 0.25) is 0 Å². The maximum absolute atomic E-state index is 13.9. The number of aromatic nitrogens is 4. The molecule has 96 valence electrons. The minimum absolute atomic E-state index is 0.323. The molecule has 0 unspecified atom stereocenters. The van der Waals surface area contributed by atoms with Crippen LogP contribution in [0.15, 0.2) is 24.3 Å². The van der Waals surface area contributed by atoms with Gasteiger partial charge in [-0.3, -0.25) is 5.10 Å². The third-order valence-electron chi connectivity index (χ3n) is 3.48. The highest BCUT2D eigenvalue weighted by atomic mass is 19.1. The highest BCUT2D eigenvalue weighted by Crippen LogP contribution is 2.43. The van der Waals surface area contributed by atoms with E-state index in [1.807, 2.05) is 0 Å². The van der Waals surface area contributed by atoms with E-state index < -0.39 is 0 Å². The average Bonchev–Trinajstić information content (AvgIpc) is 3.08. The fourth-order valence-electron chi connectivity index (χ4n) is 2.39. The Bertz CT molecular complexity index is 769. The van der Waals surface area contributed by atoms with Gasteiger partial charge in [-0.25, -0.2) is 9.07 Å². The smallest absolute Gasteiger partial charge is 0.186 e. The normalized spacial score (nSPS) is 15.2. The van der Waals surface area contributed by atoms with Gasteiger partial charge in [0.25, 0.3) is 0 Å². The standard InChI is InChI=1S/C13H12FN5/c14-8-3-1-2-4-9(8)19-13-10(12(15)16-17-13)11(18-19)7-5-6-7/h1-4,7H,5-6H2,(H3,15,16,17). The Kier molecular flexibility index (Phi) is 1.98. The van der Waals surface area contributed by atoms with E-state index in [0.29, 0.717) is 23.1 Å². The highest BCUT2D eigenvalue weighted by molar-refractivity contribution is 5.90. The summed E-state index contributed by atoms with van der Waals surface area (Å²) < 4.78 is 15.4. The van der Waals surface area contributed by atoms with E-state index >= 15 is 0 Å². The fraction of sp³-hybridized carbons (Fsp3) is 0.231. The van der Waals surface area contributed by atoms with Crippen molar-refractivity contribution in [3.63, 3.8) is 0 Å². The number of halogens is 1. The lowest BCUT2D eigenvalue weighted by Gasteiger charge is -2.02. The van der Waals surface area contributed by atoms with Crippen molar-refractivity contribution in [1.82, 2.24) is 20.0 Å². The SMILES string of the molecule is Nc1[nH]nc2c1c(C1CC1)nn2-c1ccccc1F. The largest absolute Gasteiger partial charge is 0.383 e. The Balaban J connectivity index is 2.03. The van der Waals surface area contributed by atoms with Crippen molar-refractivity contribution in [1.29, 1.82) is 0 Å². The van der Waals surface area contributed by atoms with Gasteiger partial charge in [0.15, 0.2) is 5.65 Å². The molecule has 1 aromatic carbocycles. The second kappa shape index (κ2) is 3.57. The van der Waals surface area contributed by atoms with Gasteiger partial charge in [-0.05, 0) is 25.0 Å². The van der Waals surface area contributed by atoms with Gasteiger partial charge in [0.05, 0.1) is 11.1 Å². The van der Waals surface area contributed by atoms with Crippen molar-refractivity contribution >= 4 is 16.9 Å². The molecule has 0 spiro atoms. The molecule has 1 aliphatic carbocycles. The summed E-state index contributed by atoms with van der Waals surface area (Å²) in [4.78, 5) is 0. The van der Waals surface area contributed by atoms with Crippen LogP contribution in [0.5, 0.6) is 0 Å². The summed E-state index contributed by atoms with van der Waals surface area (Å²) in [7, 11) is 0. The Hall–Kier alpha value is -2.37. The van der Waals surface area contributed by atoms with E-state index in [9.17, 15) is 4.39 Å². The molecule has 0 aliphatic heterocycles. The predicted molar refractivity (Wildman–Crippen MR) is 69.6 cm³/mol.